The zero-order valence-electron chi connectivity index (χ0n) is 19.3. The maximum Gasteiger partial charge on any atom is 0.223 e. The van der Waals surface area contributed by atoms with Crippen molar-refractivity contribution in [3.05, 3.63) is 35.0 Å². The van der Waals surface area contributed by atoms with Crippen LogP contribution in [0.25, 0.3) is 22.3 Å². The van der Waals surface area contributed by atoms with E-state index in [1.54, 1.807) is 19.9 Å². The third-order valence-electron chi connectivity index (χ3n) is 6.16. The SMILES string of the molecule is CC(C)n1c(C(C)(C)O)nc2c(F)cc(-c3nc(N[C@@H]4C[C@H]5OC[C@H](O5)[C@H]4O)ncc3Cl)cc21. The molecule has 9 nitrogen and oxygen atoms in total. The molecule has 3 aromatic rings. The number of halogens is 2. The normalized spacial score (nSPS) is 24.9. The molecule has 4 atom stereocenters. The number of rotatable bonds is 5. The van der Waals surface area contributed by atoms with Crippen molar-refractivity contribution >= 4 is 28.6 Å². The number of nitrogens with zero attached hydrogens (tertiary/aromatic N) is 4. The predicted octanol–water partition coefficient (Wildman–Crippen LogP) is 3.38. The second-order valence-electron chi connectivity index (χ2n) is 9.59. The molecular formula is C23H27ClFN5O4. The van der Waals surface area contributed by atoms with Crippen molar-refractivity contribution in [2.24, 2.45) is 0 Å². The summed E-state index contributed by atoms with van der Waals surface area (Å²) >= 11 is 6.42. The zero-order valence-corrected chi connectivity index (χ0v) is 20.0. The Labute approximate surface area is 200 Å². The molecule has 0 radical (unpaired) electrons. The molecular weight excluding hydrogens is 465 g/mol. The Morgan fingerprint density at radius 1 is 1.29 bits per heavy atom. The van der Waals surface area contributed by atoms with E-state index in [-0.39, 0.29) is 34.9 Å². The van der Waals surface area contributed by atoms with Gasteiger partial charge in [-0.25, -0.2) is 19.3 Å². The smallest absolute Gasteiger partial charge is 0.223 e. The van der Waals surface area contributed by atoms with E-state index in [9.17, 15) is 10.2 Å². The summed E-state index contributed by atoms with van der Waals surface area (Å²) in [6.45, 7) is 7.46. The van der Waals surface area contributed by atoms with E-state index in [1.807, 2.05) is 18.4 Å². The van der Waals surface area contributed by atoms with E-state index < -0.39 is 23.6 Å². The molecule has 2 aliphatic rings. The summed E-state index contributed by atoms with van der Waals surface area (Å²) in [6.07, 6.45) is 0.312. The van der Waals surface area contributed by atoms with Crippen LogP contribution in [-0.4, -0.2) is 60.9 Å². The lowest BCUT2D eigenvalue weighted by molar-refractivity contribution is -0.123. The zero-order chi connectivity index (χ0) is 24.4. The van der Waals surface area contributed by atoms with E-state index in [1.165, 1.54) is 12.3 Å². The van der Waals surface area contributed by atoms with Crippen LogP contribution in [0.5, 0.6) is 0 Å². The van der Waals surface area contributed by atoms with Gasteiger partial charge in [0.05, 0.1) is 35.1 Å². The van der Waals surface area contributed by atoms with Crippen LogP contribution in [0.3, 0.4) is 0 Å². The van der Waals surface area contributed by atoms with Crippen LogP contribution in [0.15, 0.2) is 18.3 Å². The molecule has 0 amide bonds. The number of aromatic nitrogens is 4. The average molecular weight is 492 g/mol. The Bertz CT molecular complexity index is 1240. The molecule has 0 unspecified atom stereocenters. The van der Waals surface area contributed by atoms with Crippen LogP contribution in [0, 0.1) is 5.82 Å². The highest BCUT2D eigenvalue weighted by Crippen LogP contribution is 2.35. The first-order chi connectivity index (χ1) is 16.0. The highest BCUT2D eigenvalue weighted by atomic mass is 35.5. The summed E-state index contributed by atoms with van der Waals surface area (Å²) < 4.78 is 28.1. The molecule has 2 bridgehead atoms. The summed E-state index contributed by atoms with van der Waals surface area (Å²) in [5.74, 6) is 0.0741. The number of aliphatic hydroxyl groups excluding tert-OH is 1. The molecule has 182 valence electrons. The second kappa shape index (κ2) is 8.39. The number of imidazole rings is 1. The number of hydrogen-bond acceptors (Lipinski definition) is 8. The van der Waals surface area contributed by atoms with Gasteiger partial charge in [0.1, 0.15) is 29.2 Å². The van der Waals surface area contributed by atoms with Crippen LogP contribution < -0.4 is 5.32 Å². The standard InChI is InChI=1S/C23H27ClFN5O4/c1-10(2)30-15-6-11(5-13(25)19(15)28-21(30)23(3,4)32)18-12(24)8-26-22(29-18)27-14-7-17-33-9-16(34-17)20(14)31/h5-6,8,10,14,16-17,20,31-32H,7,9H2,1-4H3,(H,26,27,29)/t14-,16+,17+,20+/m1/s1. The molecule has 11 heteroatoms. The first kappa shape index (κ1) is 23.4. The van der Waals surface area contributed by atoms with Gasteiger partial charge in [-0.05, 0) is 39.8 Å². The summed E-state index contributed by atoms with van der Waals surface area (Å²) in [7, 11) is 0. The largest absolute Gasteiger partial charge is 0.388 e. The van der Waals surface area contributed by atoms with Gasteiger partial charge in [0.15, 0.2) is 12.1 Å². The third-order valence-corrected chi connectivity index (χ3v) is 6.43. The predicted molar refractivity (Wildman–Crippen MR) is 124 cm³/mol. The van der Waals surface area contributed by atoms with E-state index in [0.717, 1.165) is 0 Å². The number of nitrogens with one attached hydrogen (secondary N) is 1. The first-order valence-electron chi connectivity index (χ1n) is 11.2. The summed E-state index contributed by atoms with van der Waals surface area (Å²) in [6, 6.07) is 2.64. The van der Waals surface area contributed by atoms with Gasteiger partial charge in [-0.3, -0.25) is 0 Å². The van der Waals surface area contributed by atoms with Crippen molar-refractivity contribution in [3.63, 3.8) is 0 Å². The van der Waals surface area contributed by atoms with Crippen LogP contribution in [0.4, 0.5) is 10.3 Å². The molecule has 2 fully saturated rings. The maximum atomic E-state index is 15.2. The van der Waals surface area contributed by atoms with Crippen LogP contribution in [-0.2, 0) is 15.1 Å². The lowest BCUT2D eigenvalue weighted by Crippen LogP contribution is -2.48. The summed E-state index contributed by atoms with van der Waals surface area (Å²) in [5.41, 5.74) is 0.217. The monoisotopic (exact) mass is 491 g/mol. The molecule has 34 heavy (non-hydrogen) atoms. The van der Waals surface area contributed by atoms with Crippen LogP contribution >= 0.6 is 11.6 Å². The maximum absolute atomic E-state index is 15.2. The quantitative estimate of drug-likeness (QED) is 0.497. The van der Waals surface area contributed by atoms with Gasteiger partial charge in [0, 0.05) is 18.0 Å². The number of hydrogen-bond donors (Lipinski definition) is 3. The van der Waals surface area contributed by atoms with Crippen molar-refractivity contribution in [1.29, 1.82) is 0 Å². The minimum Gasteiger partial charge on any atom is -0.388 e. The number of aliphatic hydroxyl groups is 2. The molecule has 3 N–H and O–H groups in total. The van der Waals surface area contributed by atoms with Gasteiger partial charge in [-0.15, -0.1) is 0 Å². The second-order valence-corrected chi connectivity index (χ2v) is 10.00. The highest BCUT2D eigenvalue weighted by molar-refractivity contribution is 6.33. The Morgan fingerprint density at radius 2 is 2.06 bits per heavy atom. The molecule has 0 aliphatic carbocycles. The number of anilines is 1. The van der Waals surface area contributed by atoms with Crippen molar-refractivity contribution in [3.8, 4) is 11.3 Å². The molecule has 2 aromatic heterocycles. The lowest BCUT2D eigenvalue weighted by Gasteiger charge is -2.32. The van der Waals surface area contributed by atoms with Gasteiger partial charge in [-0.1, -0.05) is 11.6 Å². The van der Waals surface area contributed by atoms with Crippen molar-refractivity contribution in [2.45, 2.75) is 70.3 Å². The molecule has 0 saturated carbocycles. The fraction of sp³-hybridized carbons (Fsp3) is 0.522. The van der Waals surface area contributed by atoms with Crippen LogP contribution in [0.2, 0.25) is 5.02 Å². The number of ether oxygens (including phenoxy) is 2. The summed E-state index contributed by atoms with van der Waals surface area (Å²) in [5, 5.41) is 24.5. The Hall–Kier alpha value is -2.37. The van der Waals surface area contributed by atoms with Gasteiger partial charge in [0.2, 0.25) is 5.95 Å². The Balaban J connectivity index is 1.55. The van der Waals surface area contributed by atoms with E-state index >= 15 is 4.39 Å². The topological polar surface area (TPSA) is 115 Å². The average Bonchev–Trinajstić information content (AvgIpc) is 3.35. The molecule has 4 heterocycles. The molecule has 2 aliphatic heterocycles. The highest BCUT2D eigenvalue weighted by Gasteiger charge is 2.43. The van der Waals surface area contributed by atoms with E-state index in [4.69, 9.17) is 21.1 Å². The van der Waals surface area contributed by atoms with Gasteiger partial charge >= 0.3 is 0 Å². The van der Waals surface area contributed by atoms with E-state index in [0.29, 0.717) is 35.6 Å². The van der Waals surface area contributed by atoms with Crippen molar-refractivity contribution < 1.29 is 24.1 Å². The third kappa shape index (κ3) is 4.03. The minimum atomic E-state index is -1.26. The molecule has 0 spiro atoms. The minimum absolute atomic E-state index is 0.0771. The van der Waals surface area contributed by atoms with Crippen molar-refractivity contribution in [1.82, 2.24) is 19.5 Å². The van der Waals surface area contributed by atoms with E-state index in [2.05, 4.69) is 20.3 Å². The fourth-order valence-electron chi connectivity index (χ4n) is 4.58. The fourth-order valence-corrected chi connectivity index (χ4v) is 4.78. The molecule has 2 saturated heterocycles. The lowest BCUT2D eigenvalue weighted by atomic mass is 10.0. The Morgan fingerprint density at radius 3 is 2.76 bits per heavy atom. The van der Waals surface area contributed by atoms with Crippen molar-refractivity contribution in [2.75, 3.05) is 11.9 Å². The van der Waals surface area contributed by atoms with Gasteiger partial charge in [-0.2, -0.15) is 0 Å². The van der Waals surface area contributed by atoms with Crippen LogP contribution in [0.1, 0.15) is 46.0 Å². The summed E-state index contributed by atoms with van der Waals surface area (Å²) in [4.78, 5) is 13.2. The van der Waals surface area contributed by atoms with Gasteiger partial charge < -0.3 is 29.6 Å². The van der Waals surface area contributed by atoms with Gasteiger partial charge in [0.25, 0.3) is 0 Å². The molecule has 5 rings (SSSR count). The molecule has 1 aromatic carbocycles. The number of benzene rings is 1. The number of fused-ring (bicyclic) bond motifs is 3. The first-order valence-corrected chi connectivity index (χ1v) is 11.6. The Kier molecular flexibility index (Phi) is 5.77.